The molecular formula is C22H18F2N4O2. The zero-order valence-electron chi connectivity index (χ0n) is 15.9. The molecule has 0 bridgehead atoms. The highest BCUT2D eigenvalue weighted by atomic mass is 19.3. The lowest BCUT2D eigenvalue weighted by molar-refractivity contribution is -0.0515. The van der Waals surface area contributed by atoms with E-state index in [4.69, 9.17) is 4.74 Å². The minimum Gasteiger partial charge on any atom is -0.489 e. The number of hydrogen-bond donors (Lipinski definition) is 0. The summed E-state index contributed by atoms with van der Waals surface area (Å²) in [5.74, 6) is 0.804. The highest BCUT2D eigenvalue weighted by molar-refractivity contribution is 5.69. The van der Waals surface area contributed by atoms with Gasteiger partial charge in [-0.1, -0.05) is 0 Å². The summed E-state index contributed by atoms with van der Waals surface area (Å²) in [6, 6.07) is 12.4. The number of alkyl halides is 2. The van der Waals surface area contributed by atoms with Gasteiger partial charge >= 0.3 is 6.61 Å². The quantitative estimate of drug-likeness (QED) is 0.438. The van der Waals surface area contributed by atoms with Crippen LogP contribution in [0, 0.1) is 5.92 Å². The van der Waals surface area contributed by atoms with Crippen LogP contribution in [-0.4, -0.2) is 32.8 Å². The van der Waals surface area contributed by atoms with Gasteiger partial charge in [-0.15, -0.1) is 0 Å². The number of halogens is 2. The van der Waals surface area contributed by atoms with Gasteiger partial charge in [-0.05, 0) is 55.2 Å². The third-order valence-electron chi connectivity index (χ3n) is 4.96. The minimum atomic E-state index is -2.92. The van der Waals surface area contributed by atoms with Gasteiger partial charge in [0.2, 0.25) is 0 Å². The summed E-state index contributed by atoms with van der Waals surface area (Å²) in [6.45, 7) is -2.43. The Hall–Kier alpha value is -3.55. The largest absolute Gasteiger partial charge is 0.489 e. The number of fused-ring (bicyclic) bond motifs is 1. The van der Waals surface area contributed by atoms with Gasteiger partial charge in [-0.3, -0.25) is 4.98 Å². The van der Waals surface area contributed by atoms with Crippen molar-refractivity contribution in [2.45, 2.75) is 19.5 Å². The van der Waals surface area contributed by atoms with E-state index in [0.717, 1.165) is 35.4 Å². The fourth-order valence-corrected chi connectivity index (χ4v) is 3.24. The molecule has 0 N–H and O–H groups in total. The summed E-state index contributed by atoms with van der Waals surface area (Å²) in [7, 11) is 0. The molecule has 30 heavy (non-hydrogen) atoms. The summed E-state index contributed by atoms with van der Waals surface area (Å²) < 4.78 is 37.8. The molecule has 1 fully saturated rings. The molecule has 0 radical (unpaired) electrons. The lowest BCUT2D eigenvalue weighted by Crippen LogP contribution is -2.06. The molecule has 8 heteroatoms. The maximum Gasteiger partial charge on any atom is 0.387 e. The third kappa shape index (κ3) is 3.80. The summed E-state index contributed by atoms with van der Waals surface area (Å²) in [4.78, 5) is 8.42. The van der Waals surface area contributed by atoms with Gasteiger partial charge in [0.15, 0.2) is 17.1 Å². The van der Waals surface area contributed by atoms with Gasteiger partial charge in [0, 0.05) is 35.8 Å². The first kappa shape index (κ1) is 18.5. The van der Waals surface area contributed by atoms with Gasteiger partial charge < -0.3 is 9.47 Å². The van der Waals surface area contributed by atoms with Crippen LogP contribution in [-0.2, 0) is 0 Å². The SMILES string of the molecule is FC(F)Oc1ccc(-c2ccnc3cc(-c4ccncc4)nn23)cc1OCC1CC1. The lowest BCUT2D eigenvalue weighted by Gasteiger charge is -2.14. The van der Waals surface area contributed by atoms with Crippen LogP contribution in [0.1, 0.15) is 12.8 Å². The Labute approximate surface area is 171 Å². The average Bonchev–Trinajstić information content (AvgIpc) is 3.48. The zero-order valence-corrected chi connectivity index (χ0v) is 15.9. The van der Waals surface area contributed by atoms with Crippen LogP contribution < -0.4 is 9.47 Å². The first-order chi connectivity index (χ1) is 14.7. The van der Waals surface area contributed by atoms with Crippen LogP contribution in [0.2, 0.25) is 0 Å². The minimum absolute atomic E-state index is 0.0256. The second-order valence-corrected chi connectivity index (χ2v) is 7.16. The van der Waals surface area contributed by atoms with Crippen molar-refractivity contribution in [3.05, 3.63) is 61.1 Å². The molecule has 4 aromatic rings. The van der Waals surface area contributed by atoms with Crippen molar-refractivity contribution < 1.29 is 18.3 Å². The molecule has 3 aromatic heterocycles. The Morgan fingerprint density at radius 3 is 2.57 bits per heavy atom. The molecule has 1 saturated carbocycles. The van der Waals surface area contributed by atoms with E-state index in [-0.39, 0.29) is 5.75 Å². The molecule has 5 rings (SSSR count). The van der Waals surface area contributed by atoms with E-state index in [1.54, 1.807) is 35.2 Å². The first-order valence-corrected chi connectivity index (χ1v) is 9.64. The van der Waals surface area contributed by atoms with Crippen molar-refractivity contribution in [1.82, 2.24) is 19.6 Å². The van der Waals surface area contributed by atoms with Crippen molar-refractivity contribution in [2.75, 3.05) is 6.61 Å². The number of ether oxygens (including phenoxy) is 2. The fourth-order valence-electron chi connectivity index (χ4n) is 3.24. The summed E-state index contributed by atoms with van der Waals surface area (Å²) in [5.41, 5.74) is 3.89. The Kier molecular flexibility index (Phi) is 4.74. The molecular weight excluding hydrogens is 390 g/mol. The number of pyridine rings is 1. The molecule has 0 spiro atoms. The van der Waals surface area contributed by atoms with Crippen molar-refractivity contribution >= 4 is 5.65 Å². The van der Waals surface area contributed by atoms with Gasteiger partial charge in [0.25, 0.3) is 0 Å². The maximum atomic E-state index is 12.8. The van der Waals surface area contributed by atoms with Crippen molar-refractivity contribution in [3.8, 4) is 34.0 Å². The number of aromatic nitrogens is 4. The van der Waals surface area contributed by atoms with Crippen molar-refractivity contribution in [3.63, 3.8) is 0 Å². The number of rotatable bonds is 7. The van der Waals surface area contributed by atoms with E-state index in [1.807, 2.05) is 24.3 Å². The maximum absolute atomic E-state index is 12.8. The van der Waals surface area contributed by atoms with Crippen molar-refractivity contribution in [2.24, 2.45) is 5.92 Å². The molecule has 0 saturated heterocycles. The Morgan fingerprint density at radius 2 is 1.80 bits per heavy atom. The summed E-state index contributed by atoms with van der Waals surface area (Å²) in [5, 5.41) is 4.68. The Morgan fingerprint density at radius 1 is 0.967 bits per heavy atom. The van der Waals surface area contributed by atoms with Gasteiger partial charge in [0.05, 0.1) is 18.0 Å². The highest BCUT2D eigenvalue weighted by Gasteiger charge is 2.23. The second-order valence-electron chi connectivity index (χ2n) is 7.16. The summed E-state index contributed by atoms with van der Waals surface area (Å²) in [6.07, 6.45) is 7.30. The predicted octanol–water partition coefficient (Wildman–Crippen LogP) is 4.85. The smallest absolute Gasteiger partial charge is 0.387 e. The van der Waals surface area contributed by atoms with E-state index < -0.39 is 6.61 Å². The molecule has 0 amide bonds. The van der Waals surface area contributed by atoms with Crippen LogP contribution in [0.4, 0.5) is 8.78 Å². The molecule has 1 aromatic carbocycles. The van der Waals surface area contributed by atoms with Gasteiger partial charge in [-0.25, -0.2) is 9.50 Å². The van der Waals surface area contributed by atoms with E-state index in [1.165, 1.54) is 6.07 Å². The Bertz CT molecular complexity index is 1180. The zero-order chi connectivity index (χ0) is 20.5. The van der Waals surface area contributed by atoms with Crippen LogP contribution >= 0.6 is 0 Å². The topological polar surface area (TPSA) is 61.5 Å². The Balaban J connectivity index is 1.55. The van der Waals surface area contributed by atoms with Crippen LogP contribution in [0.5, 0.6) is 11.5 Å². The molecule has 152 valence electrons. The molecule has 6 nitrogen and oxygen atoms in total. The van der Waals surface area contributed by atoms with Crippen molar-refractivity contribution in [1.29, 1.82) is 0 Å². The predicted molar refractivity (Wildman–Crippen MR) is 107 cm³/mol. The van der Waals surface area contributed by atoms with E-state index in [0.29, 0.717) is 23.9 Å². The average molecular weight is 408 g/mol. The van der Waals surface area contributed by atoms with Gasteiger partial charge in [0.1, 0.15) is 0 Å². The second kappa shape index (κ2) is 7.70. The van der Waals surface area contributed by atoms with Gasteiger partial charge in [-0.2, -0.15) is 13.9 Å². The monoisotopic (exact) mass is 408 g/mol. The number of nitrogens with zero attached hydrogens (tertiary/aromatic N) is 4. The fraction of sp³-hybridized carbons (Fsp3) is 0.227. The summed E-state index contributed by atoms with van der Waals surface area (Å²) >= 11 is 0. The number of benzene rings is 1. The molecule has 1 aliphatic carbocycles. The normalized spacial score (nSPS) is 13.7. The highest BCUT2D eigenvalue weighted by Crippen LogP contribution is 2.36. The van der Waals surface area contributed by atoms with E-state index >= 15 is 0 Å². The molecule has 1 aliphatic rings. The molecule has 0 aliphatic heterocycles. The van der Waals surface area contributed by atoms with E-state index in [2.05, 4.69) is 19.8 Å². The third-order valence-corrected chi connectivity index (χ3v) is 4.96. The first-order valence-electron chi connectivity index (χ1n) is 9.64. The van der Waals surface area contributed by atoms with Crippen LogP contribution in [0.15, 0.2) is 61.1 Å². The number of hydrogen-bond acceptors (Lipinski definition) is 5. The molecule has 0 atom stereocenters. The van der Waals surface area contributed by atoms with Crippen LogP contribution in [0.25, 0.3) is 28.2 Å². The van der Waals surface area contributed by atoms with Crippen LogP contribution in [0.3, 0.4) is 0 Å². The molecule has 3 heterocycles. The standard InChI is InChI=1S/C22H18F2N4O2/c23-22(24)30-19-4-3-16(11-20(19)29-13-14-1-2-14)18-7-10-26-21-12-17(27-28(18)21)15-5-8-25-9-6-15/h3-12,14,22H,1-2,13H2. The molecule has 0 unspecified atom stereocenters. The van der Waals surface area contributed by atoms with E-state index in [9.17, 15) is 8.78 Å². The lowest BCUT2D eigenvalue weighted by atomic mass is 10.1.